The van der Waals surface area contributed by atoms with Crippen LogP contribution in [0.15, 0.2) is 24.3 Å². The maximum atomic E-state index is 12.5. The summed E-state index contributed by atoms with van der Waals surface area (Å²) in [4.78, 5) is 28.9. The summed E-state index contributed by atoms with van der Waals surface area (Å²) in [6, 6.07) is 7.07. The number of rotatable bonds is 7. The largest absolute Gasteiger partial charge is 0.467 e. The molecule has 1 atom stereocenters. The van der Waals surface area contributed by atoms with Crippen LogP contribution in [0.2, 0.25) is 0 Å². The summed E-state index contributed by atoms with van der Waals surface area (Å²) in [6.07, 6.45) is 2.00. The maximum Gasteiger partial charge on any atom is 0.328 e. The normalized spacial score (nSPS) is 12.4. The lowest BCUT2D eigenvalue weighted by Gasteiger charge is -2.20. The number of thioether (sulfide) groups is 1. The van der Waals surface area contributed by atoms with Crippen molar-refractivity contribution in [2.75, 3.05) is 13.4 Å². The molecule has 0 radical (unpaired) electrons. The number of carbonyl (C=O) groups excluding carboxylic acids is 2. The Labute approximate surface area is 146 Å². The molecule has 0 spiro atoms. The molecular weight excluding hydrogens is 326 g/mol. The third-order valence-electron chi connectivity index (χ3n) is 3.75. The second-order valence-corrected chi connectivity index (χ2v) is 6.71. The Balaban J connectivity index is 2.23. The summed E-state index contributed by atoms with van der Waals surface area (Å²) in [5.41, 5.74) is 1.78. The summed E-state index contributed by atoms with van der Waals surface area (Å²) in [5.74, 6) is 0.847. The maximum absolute atomic E-state index is 12.5. The molecule has 0 saturated heterocycles. The predicted octanol–water partition coefficient (Wildman–Crippen LogP) is 2.21. The highest BCUT2D eigenvalue weighted by atomic mass is 32.2. The zero-order valence-corrected chi connectivity index (χ0v) is 15.2. The van der Waals surface area contributed by atoms with Gasteiger partial charge in [-0.3, -0.25) is 4.79 Å². The molecular formula is C17H23N3O3S. The molecule has 1 amide bonds. The van der Waals surface area contributed by atoms with Crippen molar-refractivity contribution in [1.82, 2.24) is 14.9 Å². The molecule has 1 N–H and O–H groups in total. The Bertz CT molecular complexity index is 727. The van der Waals surface area contributed by atoms with Gasteiger partial charge in [-0.1, -0.05) is 26.0 Å². The van der Waals surface area contributed by atoms with E-state index >= 15 is 0 Å². The zero-order chi connectivity index (χ0) is 17.7. The predicted molar refractivity (Wildman–Crippen MR) is 95.7 cm³/mol. The first kappa shape index (κ1) is 18.3. The van der Waals surface area contributed by atoms with E-state index in [1.807, 2.05) is 48.9 Å². The lowest BCUT2D eigenvalue weighted by Crippen LogP contribution is -2.46. The van der Waals surface area contributed by atoms with Crippen LogP contribution in [0.5, 0.6) is 0 Å². The molecule has 0 fully saturated rings. The molecule has 2 rings (SSSR count). The van der Waals surface area contributed by atoms with Crippen molar-refractivity contribution in [3.8, 4) is 0 Å². The SMILES string of the molecule is COC(=O)[C@@H](NC(=O)Cn1c(CSC)nc2ccccc21)C(C)C. The van der Waals surface area contributed by atoms with Gasteiger partial charge in [-0.15, -0.1) is 0 Å². The summed E-state index contributed by atoms with van der Waals surface area (Å²) < 4.78 is 6.66. The number of aromatic nitrogens is 2. The summed E-state index contributed by atoms with van der Waals surface area (Å²) in [7, 11) is 1.32. The van der Waals surface area contributed by atoms with Gasteiger partial charge in [-0.2, -0.15) is 11.8 Å². The van der Waals surface area contributed by atoms with Gasteiger partial charge in [0.2, 0.25) is 5.91 Å². The first-order valence-corrected chi connectivity index (χ1v) is 9.17. The van der Waals surface area contributed by atoms with Crippen molar-refractivity contribution in [2.24, 2.45) is 5.92 Å². The van der Waals surface area contributed by atoms with E-state index in [9.17, 15) is 9.59 Å². The quantitative estimate of drug-likeness (QED) is 0.776. The monoisotopic (exact) mass is 349 g/mol. The standard InChI is InChI=1S/C17H23N3O3S/c1-11(2)16(17(22)23-3)19-15(21)9-20-13-8-6-5-7-12(13)18-14(20)10-24-4/h5-8,11,16H,9-10H2,1-4H3,(H,19,21)/t16-/m0/s1. The number of hydrogen-bond acceptors (Lipinski definition) is 5. The van der Waals surface area contributed by atoms with E-state index < -0.39 is 12.0 Å². The number of nitrogens with one attached hydrogen (secondary N) is 1. The lowest BCUT2D eigenvalue weighted by molar-refractivity contribution is -0.146. The van der Waals surface area contributed by atoms with Crippen molar-refractivity contribution < 1.29 is 14.3 Å². The molecule has 130 valence electrons. The number of para-hydroxylation sites is 2. The fourth-order valence-corrected chi connectivity index (χ4v) is 3.01. The fourth-order valence-electron chi connectivity index (χ4n) is 2.53. The van der Waals surface area contributed by atoms with Gasteiger partial charge in [0.25, 0.3) is 0 Å². The molecule has 0 aliphatic carbocycles. The molecule has 0 saturated carbocycles. The van der Waals surface area contributed by atoms with Gasteiger partial charge in [0.1, 0.15) is 18.4 Å². The summed E-state index contributed by atoms with van der Waals surface area (Å²) in [5, 5.41) is 2.77. The van der Waals surface area contributed by atoms with Crippen molar-refractivity contribution >= 4 is 34.7 Å². The van der Waals surface area contributed by atoms with Gasteiger partial charge >= 0.3 is 5.97 Å². The number of carbonyl (C=O) groups is 2. The van der Waals surface area contributed by atoms with E-state index in [0.717, 1.165) is 16.9 Å². The number of imidazole rings is 1. The van der Waals surface area contributed by atoms with Crippen LogP contribution < -0.4 is 5.32 Å². The Hall–Kier alpha value is -2.02. The van der Waals surface area contributed by atoms with Gasteiger partial charge in [-0.25, -0.2) is 9.78 Å². The number of benzene rings is 1. The molecule has 6 nitrogen and oxygen atoms in total. The number of ether oxygens (including phenoxy) is 1. The molecule has 1 aromatic heterocycles. The Morgan fingerprint density at radius 2 is 2.04 bits per heavy atom. The number of esters is 1. The molecule has 0 unspecified atom stereocenters. The molecule has 0 bridgehead atoms. The number of hydrogen-bond donors (Lipinski definition) is 1. The van der Waals surface area contributed by atoms with Gasteiger partial charge in [0.15, 0.2) is 0 Å². The van der Waals surface area contributed by atoms with Gasteiger partial charge in [0, 0.05) is 0 Å². The van der Waals surface area contributed by atoms with Crippen LogP contribution in [0.4, 0.5) is 0 Å². The van der Waals surface area contributed by atoms with E-state index in [4.69, 9.17) is 4.74 Å². The van der Waals surface area contributed by atoms with Crippen molar-refractivity contribution in [3.05, 3.63) is 30.1 Å². The van der Waals surface area contributed by atoms with Crippen LogP contribution in [-0.4, -0.2) is 40.8 Å². The lowest BCUT2D eigenvalue weighted by atomic mass is 10.0. The molecule has 1 heterocycles. The minimum absolute atomic E-state index is 0.0494. The first-order valence-electron chi connectivity index (χ1n) is 7.78. The molecule has 1 aromatic carbocycles. The van der Waals surface area contributed by atoms with E-state index in [0.29, 0.717) is 5.75 Å². The Kier molecular flexibility index (Phi) is 6.25. The number of methoxy groups -OCH3 is 1. The topological polar surface area (TPSA) is 73.2 Å². The zero-order valence-electron chi connectivity index (χ0n) is 14.4. The molecule has 0 aliphatic heterocycles. The smallest absolute Gasteiger partial charge is 0.328 e. The van der Waals surface area contributed by atoms with Crippen LogP contribution >= 0.6 is 11.8 Å². The average molecular weight is 349 g/mol. The second kappa shape index (κ2) is 8.19. The van der Waals surface area contributed by atoms with E-state index in [2.05, 4.69) is 10.3 Å². The number of fused-ring (bicyclic) bond motifs is 1. The third kappa shape index (κ3) is 4.08. The highest BCUT2D eigenvalue weighted by molar-refractivity contribution is 7.97. The van der Waals surface area contributed by atoms with Crippen LogP contribution in [0, 0.1) is 5.92 Å². The van der Waals surface area contributed by atoms with Crippen LogP contribution in [0.3, 0.4) is 0 Å². The molecule has 2 aromatic rings. The third-order valence-corrected chi connectivity index (χ3v) is 4.29. The van der Waals surface area contributed by atoms with Crippen LogP contribution in [0.25, 0.3) is 11.0 Å². The van der Waals surface area contributed by atoms with E-state index in [-0.39, 0.29) is 18.4 Å². The van der Waals surface area contributed by atoms with E-state index in [1.54, 1.807) is 11.8 Å². The second-order valence-electron chi connectivity index (χ2n) is 5.85. The van der Waals surface area contributed by atoms with Gasteiger partial charge < -0.3 is 14.6 Å². The minimum Gasteiger partial charge on any atom is -0.467 e. The Morgan fingerprint density at radius 3 is 2.67 bits per heavy atom. The highest BCUT2D eigenvalue weighted by Crippen LogP contribution is 2.19. The summed E-state index contributed by atoms with van der Waals surface area (Å²) >= 11 is 1.65. The fraction of sp³-hybridized carbons (Fsp3) is 0.471. The summed E-state index contributed by atoms with van der Waals surface area (Å²) in [6.45, 7) is 3.86. The van der Waals surface area contributed by atoms with E-state index in [1.165, 1.54) is 7.11 Å². The van der Waals surface area contributed by atoms with Gasteiger partial charge in [0.05, 0.1) is 23.9 Å². The van der Waals surface area contributed by atoms with Crippen molar-refractivity contribution in [3.63, 3.8) is 0 Å². The Morgan fingerprint density at radius 1 is 1.33 bits per heavy atom. The van der Waals surface area contributed by atoms with Crippen molar-refractivity contribution in [2.45, 2.75) is 32.2 Å². The van der Waals surface area contributed by atoms with Crippen molar-refractivity contribution in [1.29, 1.82) is 0 Å². The van der Waals surface area contributed by atoms with Crippen LogP contribution in [0.1, 0.15) is 19.7 Å². The van der Waals surface area contributed by atoms with Gasteiger partial charge in [-0.05, 0) is 24.3 Å². The highest BCUT2D eigenvalue weighted by Gasteiger charge is 2.25. The molecule has 0 aliphatic rings. The first-order chi connectivity index (χ1) is 11.5. The number of nitrogens with zero attached hydrogens (tertiary/aromatic N) is 2. The number of amides is 1. The minimum atomic E-state index is -0.652. The molecule has 7 heteroatoms. The average Bonchev–Trinajstić information content (AvgIpc) is 2.89. The van der Waals surface area contributed by atoms with Crippen LogP contribution in [-0.2, 0) is 26.6 Å². The molecule has 24 heavy (non-hydrogen) atoms.